The molecule has 6 nitrogen and oxygen atoms in total. The molecule has 1 heterocycles. The van der Waals surface area contributed by atoms with Crippen molar-refractivity contribution in [3.05, 3.63) is 65.1 Å². The lowest BCUT2D eigenvalue weighted by atomic mass is 9.94. The molecular formula is C24H24F2N4O2S2. The van der Waals surface area contributed by atoms with E-state index in [0.29, 0.717) is 20.7 Å². The number of para-hydroxylation sites is 1. The molecule has 0 aromatic heterocycles. The van der Waals surface area contributed by atoms with Crippen LogP contribution in [0.5, 0.6) is 5.75 Å². The highest BCUT2D eigenvalue weighted by Gasteiger charge is 2.38. The summed E-state index contributed by atoms with van der Waals surface area (Å²) in [4.78, 5) is 15.6. The van der Waals surface area contributed by atoms with E-state index in [9.17, 15) is 13.6 Å². The molecule has 1 amide bonds. The number of thioether (sulfide) groups is 1. The molecule has 2 fully saturated rings. The average Bonchev–Trinajstić information content (AvgIpc) is 3.14. The molecule has 2 aromatic carbocycles. The molecule has 0 spiro atoms. The molecule has 0 atom stereocenters. The molecule has 178 valence electrons. The Morgan fingerprint density at radius 1 is 1.12 bits per heavy atom. The van der Waals surface area contributed by atoms with E-state index in [1.807, 2.05) is 30.3 Å². The number of ether oxygens (including phenoxy) is 1. The average molecular weight is 503 g/mol. The Kier molecular flexibility index (Phi) is 8.12. The van der Waals surface area contributed by atoms with Crippen LogP contribution in [0.1, 0.15) is 37.7 Å². The third-order valence-electron chi connectivity index (χ3n) is 5.46. The van der Waals surface area contributed by atoms with Crippen LogP contribution in [0.3, 0.4) is 0 Å². The maximum atomic E-state index is 13.3. The number of thiocarbonyl (C=S) groups is 1. The summed E-state index contributed by atoms with van der Waals surface area (Å²) in [6.07, 6.45) is 6.88. The lowest BCUT2D eigenvalue weighted by molar-refractivity contribution is -0.124. The zero-order chi connectivity index (χ0) is 23.9. The molecule has 1 aliphatic carbocycles. The summed E-state index contributed by atoms with van der Waals surface area (Å²) in [5.74, 6) is -0.0513. The third-order valence-corrected chi connectivity index (χ3v) is 6.64. The molecule has 2 N–H and O–H groups in total. The van der Waals surface area contributed by atoms with E-state index in [0.717, 1.165) is 37.8 Å². The van der Waals surface area contributed by atoms with E-state index >= 15 is 0 Å². The number of benzene rings is 2. The predicted octanol–water partition coefficient (Wildman–Crippen LogP) is 5.79. The van der Waals surface area contributed by atoms with Crippen molar-refractivity contribution in [2.45, 2.75) is 44.8 Å². The van der Waals surface area contributed by atoms with Crippen LogP contribution in [0.25, 0.3) is 6.08 Å². The molecule has 1 aliphatic heterocycles. The zero-order valence-corrected chi connectivity index (χ0v) is 19.9. The number of hydrazone groups is 1. The summed E-state index contributed by atoms with van der Waals surface area (Å²) in [5, 5.41) is 8.38. The van der Waals surface area contributed by atoms with Gasteiger partial charge in [-0.05, 0) is 72.7 Å². The Labute approximate surface area is 206 Å². The molecule has 34 heavy (non-hydrogen) atoms. The topological polar surface area (TPSA) is 66.0 Å². The van der Waals surface area contributed by atoms with Crippen molar-refractivity contribution < 1.29 is 18.3 Å². The highest BCUT2D eigenvalue weighted by Crippen LogP contribution is 2.37. The van der Waals surface area contributed by atoms with Gasteiger partial charge in [0.1, 0.15) is 5.75 Å². The second kappa shape index (κ2) is 11.4. The van der Waals surface area contributed by atoms with Crippen molar-refractivity contribution in [3.63, 3.8) is 0 Å². The first kappa shape index (κ1) is 24.2. The molecule has 1 saturated carbocycles. The summed E-state index contributed by atoms with van der Waals surface area (Å²) in [6.45, 7) is -2.88. The van der Waals surface area contributed by atoms with Crippen LogP contribution in [0.4, 0.5) is 14.5 Å². The van der Waals surface area contributed by atoms with Crippen molar-refractivity contribution in [1.29, 1.82) is 0 Å². The molecule has 2 aromatic rings. The van der Waals surface area contributed by atoms with Gasteiger partial charge in [-0.3, -0.25) is 15.1 Å². The first-order valence-corrected chi connectivity index (χ1v) is 12.2. The molecule has 0 bridgehead atoms. The first-order valence-electron chi connectivity index (χ1n) is 11.0. The second-order valence-electron chi connectivity index (χ2n) is 7.85. The summed E-state index contributed by atoms with van der Waals surface area (Å²) < 4.78 is 29.2. The Balaban J connectivity index is 1.52. The van der Waals surface area contributed by atoms with E-state index in [2.05, 4.69) is 20.6 Å². The number of halogens is 2. The van der Waals surface area contributed by atoms with Crippen LogP contribution in [0, 0.1) is 0 Å². The number of hydrogen-bond acceptors (Lipinski definition) is 5. The molecule has 0 radical (unpaired) electrons. The van der Waals surface area contributed by atoms with Crippen LogP contribution in [-0.2, 0) is 4.79 Å². The van der Waals surface area contributed by atoms with E-state index in [4.69, 9.17) is 12.2 Å². The van der Waals surface area contributed by atoms with Gasteiger partial charge in [-0.15, -0.1) is 5.10 Å². The fourth-order valence-electron chi connectivity index (χ4n) is 3.90. The van der Waals surface area contributed by atoms with Gasteiger partial charge in [0.05, 0.1) is 4.91 Å². The number of rotatable bonds is 6. The fraction of sp³-hybridized carbons (Fsp3) is 0.292. The smallest absolute Gasteiger partial charge is 0.387 e. The van der Waals surface area contributed by atoms with Gasteiger partial charge < -0.3 is 10.1 Å². The number of hydrogen-bond donors (Lipinski definition) is 2. The normalized spacial score (nSPS) is 19.1. The lowest BCUT2D eigenvalue weighted by Crippen LogP contribution is -2.41. The van der Waals surface area contributed by atoms with Crippen molar-refractivity contribution in [2.24, 2.45) is 5.10 Å². The Bertz CT molecular complexity index is 1070. The predicted molar refractivity (Wildman–Crippen MR) is 136 cm³/mol. The maximum absolute atomic E-state index is 13.3. The van der Waals surface area contributed by atoms with E-state index in [-0.39, 0.29) is 17.7 Å². The monoisotopic (exact) mass is 502 g/mol. The summed E-state index contributed by atoms with van der Waals surface area (Å²) in [7, 11) is 0. The number of nitrogens with one attached hydrogen (secondary N) is 2. The van der Waals surface area contributed by atoms with Crippen molar-refractivity contribution in [1.82, 2.24) is 10.3 Å². The van der Waals surface area contributed by atoms with Gasteiger partial charge >= 0.3 is 6.61 Å². The number of alkyl halides is 2. The Morgan fingerprint density at radius 2 is 1.82 bits per heavy atom. The number of nitrogens with zero attached hydrogens (tertiary/aromatic N) is 2. The second-order valence-corrected chi connectivity index (χ2v) is 9.27. The third kappa shape index (κ3) is 6.32. The number of anilines is 1. The van der Waals surface area contributed by atoms with Gasteiger partial charge in [0.15, 0.2) is 10.3 Å². The number of carbonyl (C=O) groups is 1. The number of amides is 1. The highest BCUT2D eigenvalue weighted by molar-refractivity contribution is 8.18. The standard InChI is InChI=1S/C24H24F2N4O2S2/c25-22(26)32-19-13-11-16(12-14-19)15-20-21(31)30(18-9-5-2-6-10-18)24(34-20)29-28-23(33)27-17-7-3-1-4-8-17/h1,3-4,7-8,11-15,18,22H,2,5-6,9-10H2,(H2,27,28,33)/b20-15+,29-24-. The van der Waals surface area contributed by atoms with E-state index < -0.39 is 6.61 Å². The van der Waals surface area contributed by atoms with Crippen molar-refractivity contribution in [2.75, 3.05) is 5.32 Å². The summed E-state index contributed by atoms with van der Waals surface area (Å²) in [6, 6.07) is 15.7. The van der Waals surface area contributed by atoms with Gasteiger partial charge in [-0.1, -0.05) is 49.6 Å². The van der Waals surface area contributed by atoms with Gasteiger partial charge in [-0.2, -0.15) is 8.78 Å². The van der Waals surface area contributed by atoms with Crippen LogP contribution < -0.4 is 15.5 Å². The summed E-state index contributed by atoms with van der Waals surface area (Å²) in [5.41, 5.74) is 4.39. The SMILES string of the molecule is O=C1/C(=C\c2ccc(OC(F)F)cc2)S/C(=N\NC(=S)Nc2ccccc2)N1C1CCCCC1. The molecule has 4 rings (SSSR count). The highest BCUT2D eigenvalue weighted by atomic mass is 32.2. The maximum Gasteiger partial charge on any atom is 0.387 e. The van der Waals surface area contributed by atoms with E-state index in [1.54, 1.807) is 23.1 Å². The fourth-order valence-corrected chi connectivity index (χ4v) is 5.06. The van der Waals surface area contributed by atoms with Gasteiger partial charge in [-0.25, -0.2) is 0 Å². The van der Waals surface area contributed by atoms with Gasteiger partial charge in [0, 0.05) is 11.7 Å². The summed E-state index contributed by atoms with van der Waals surface area (Å²) >= 11 is 6.61. The molecule has 1 saturated heterocycles. The van der Waals surface area contributed by atoms with Gasteiger partial charge in [0.25, 0.3) is 5.91 Å². The quantitative estimate of drug-likeness (QED) is 0.296. The lowest BCUT2D eigenvalue weighted by Gasteiger charge is -2.30. The minimum atomic E-state index is -2.88. The molecule has 10 heteroatoms. The number of amidine groups is 1. The largest absolute Gasteiger partial charge is 0.435 e. The Morgan fingerprint density at radius 3 is 2.50 bits per heavy atom. The zero-order valence-electron chi connectivity index (χ0n) is 18.2. The van der Waals surface area contributed by atoms with Crippen LogP contribution in [0.15, 0.2) is 64.6 Å². The van der Waals surface area contributed by atoms with Gasteiger partial charge in [0.2, 0.25) is 0 Å². The first-order chi connectivity index (χ1) is 16.5. The molecule has 0 unspecified atom stereocenters. The molecule has 2 aliphatic rings. The van der Waals surface area contributed by atoms with Crippen LogP contribution >= 0.6 is 24.0 Å². The van der Waals surface area contributed by atoms with Crippen molar-refractivity contribution >= 4 is 51.9 Å². The minimum Gasteiger partial charge on any atom is -0.435 e. The Hall–Kier alpha value is -2.98. The van der Waals surface area contributed by atoms with E-state index in [1.165, 1.54) is 23.9 Å². The molecular weight excluding hydrogens is 478 g/mol. The van der Waals surface area contributed by atoms with Crippen molar-refractivity contribution in [3.8, 4) is 5.75 Å². The van der Waals surface area contributed by atoms with Crippen LogP contribution in [-0.4, -0.2) is 33.7 Å². The number of carbonyl (C=O) groups excluding carboxylic acids is 1. The van der Waals surface area contributed by atoms with Crippen LogP contribution in [0.2, 0.25) is 0 Å². The minimum absolute atomic E-state index is 0.0669.